The molecule has 0 bridgehead atoms. The molecule has 1 aliphatic heterocycles. The number of rotatable bonds is 4. The van der Waals surface area contributed by atoms with Crippen molar-refractivity contribution in [1.29, 1.82) is 0 Å². The fourth-order valence-electron chi connectivity index (χ4n) is 3.05. The van der Waals surface area contributed by atoms with Gasteiger partial charge in [0.2, 0.25) is 5.91 Å². The van der Waals surface area contributed by atoms with Gasteiger partial charge in [0.1, 0.15) is 21.0 Å². The molecule has 4 heterocycles. The summed E-state index contributed by atoms with van der Waals surface area (Å²) in [7, 11) is -1.30. The van der Waals surface area contributed by atoms with E-state index in [1.165, 1.54) is 18.3 Å². The van der Waals surface area contributed by atoms with Gasteiger partial charge in [-0.3, -0.25) is 4.79 Å². The molecule has 2 N–H and O–H groups in total. The van der Waals surface area contributed by atoms with Gasteiger partial charge in [0.25, 0.3) is 0 Å². The Morgan fingerprint density at radius 3 is 3.15 bits per heavy atom. The zero-order chi connectivity index (χ0) is 18.1. The van der Waals surface area contributed by atoms with Crippen molar-refractivity contribution in [3.05, 3.63) is 30.4 Å². The molecule has 1 amide bonds. The minimum absolute atomic E-state index is 0.185. The summed E-state index contributed by atoms with van der Waals surface area (Å²) in [6.07, 6.45) is 5.23. The number of aromatic amines is 1. The summed E-state index contributed by atoms with van der Waals surface area (Å²) in [6.45, 7) is 2.84. The third-order valence-electron chi connectivity index (χ3n) is 4.22. The minimum atomic E-state index is -1.30. The molecule has 4 rings (SSSR count). The molecule has 3 aromatic rings. The third kappa shape index (κ3) is 3.53. The van der Waals surface area contributed by atoms with Crippen molar-refractivity contribution >= 4 is 44.5 Å². The Hall–Kier alpha value is -2.17. The van der Waals surface area contributed by atoms with E-state index in [1.54, 1.807) is 12.4 Å². The average molecular weight is 390 g/mol. The molecule has 10 heteroatoms. The standard InChI is InChI=1S/C16H18N6O2S2/c1-10(23)19-16-18-8-13(25-16)26(24)22-7-3-4-11(9-22)14-20-12-5-2-6-17-15(12)21-14/h2,5-6,8,11H,3-4,7,9H2,1H3,(H,17,20,21)(H,18,19,23). The lowest BCUT2D eigenvalue weighted by molar-refractivity contribution is -0.114. The van der Waals surface area contributed by atoms with Crippen LogP contribution in [0.1, 0.15) is 31.5 Å². The number of thiazole rings is 1. The number of pyridine rings is 1. The third-order valence-corrected chi connectivity index (χ3v) is 6.86. The zero-order valence-electron chi connectivity index (χ0n) is 14.1. The SMILES string of the molecule is CC(=O)Nc1ncc(S(=O)N2CCCC(c3nc4ncccc4[nH]3)C2)s1. The number of carbonyl (C=O) groups excluding carboxylic acids is 1. The van der Waals surface area contributed by atoms with Crippen LogP contribution in [0.5, 0.6) is 0 Å². The molecule has 3 aromatic heterocycles. The summed E-state index contributed by atoms with van der Waals surface area (Å²) >= 11 is 1.25. The Morgan fingerprint density at radius 2 is 2.35 bits per heavy atom. The fourth-order valence-corrected chi connectivity index (χ4v) is 5.49. The predicted molar refractivity (Wildman–Crippen MR) is 100 cm³/mol. The number of hydrogen-bond donors (Lipinski definition) is 2. The van der Waals surface area contributed by atoms with Crippen LogP contribution in [-0.2, 0) is 15.8 Å². The van der Waals surface area contributed by atoms with Crippen molar-refractivity contribution in [3.63, 3.8) is 0 Å². The van der Waals surface area contributed by atoms with Crippen molar-refractivity contribution in [2.75, 3.05) is 18.4 Å². The molecule has 0 radical (unpaired) electrons. The quantitative estimate of drug-likeness (QED) is 0.711. The smallest absolute Gasteiger partial charge is 0.223 e. The van der Waals surface area contributed by atoms with Gasteiger partial charge in [0.15, 0.2) is 10.8 Å². The van der Waals surface area contributed by atoms with Crippen LogP contribution in [-0.4, -0.2) is 47.4 Å². The first kappa shape index (κ1) is 17.3. The largest absolute Gasteiger partial charge is 0.340 e. The van der Waals surface area contributed by atoms with Gasteiger partial charge in [-0.05, 0) is 25.0 Å². The van der Waals surface area contributed by atoms with E-state index in [1.807, 2.05) is 16.4 Å². The molecule has 26 heavy (non-hydrogen) atoms. The molecular formula is C16H18N6O2S2. The number of H-pyrrole nitrogens is 1. The number of hydrogen-bond acceptors (Lipinski definition) is 6. The Labute approximate surface area is 156 Å². The summed E-state index contributed by atoms with van der Waals surface area (Å²) in [5.74, 6) is 0.890. The Bertz CT molecular complexity index is 935. The molecule has 1 saturated heterocycles. The van der Waals surface area contributed by atoms with E-state index in [0.717, 1.165) is 30.7 Å². The first-order valence-corrected chi connectivity index (χ1v) is 10.2. The van der Waals surface area contributed by atoms with E-state index in [9.17, 15) is 9.00 Å². The van der Waals surface area contributed by atoms with Crippen molar-refractivity contribution in [2.45, 2.75) is 29.9 Å². The number of anilines is 1. The number of nitrogens with one attached hydrogen (secondary N) is 2. The molecule has 2 atom stereocenters. The molecule has 0 aromatic carbocycles. The molecule has 136 valence electrons. The summed E-state index contributed by atoms with van der Waals surface area (Å²) in [4.78, 5) is 27.4. The van der Waals surface area contributed by atoms with Crippen molar-refractivity contribution in [2.24, 2.45) is 0 Å². The lowest BCUT2D eigenvalue weighted by Crippen LogP contribution is -2.35. The summed E-state index contributed by atoms with van der Waals surface area (Å²) < 4.78 is 15.5. The molecule has 0 spiro atoms. The highest BCUT2D eigenvalue weighted by Gasteiger charge is 2.28. The van der Waals surface area contributed by atoms with Crippen LogP contribution in [0.15, 0.2) is 28.7 Å². The van der Waals surface area contributed by atoms with Gasteiger partial charge in [0, 0.05) is 32.1 Å². The van der Waals surface area contributed by atoms with Crippen LogP contribution in [0.3, 0.4) is 0 Å². The number of aromatic nitrogens is 4. The van der Waals surface area contributed by atoms with Crippen LogP contribution in [0, 0.1) is 0 Å². The highest BCUT2D eigenvalue weighted by molar-refractivity contribution is 7.85. The maximum Gasteiger partial charge on any atom is 0.223 e. The van der Waals surface area contributed by atoms with Crippen molar-refractivity contribution in [3.8, 4) is 0 Å². The van der Waals surface area contributed by atoms with E-state index in [4.69, 9.17) is 0 Å². The van der Waals surface area contributed by atoms with E-state index >= 15 is 0 Å². The second kappa shape index (κ2) is 7.22. The second-order valence-electron chi connectivity index (χ2n) is 6.14. The molecule has 1 fully saturated rings. The topological polar surface area (TPSA) is 104 Å². The summed E-state index contributed by atoms with van der Waals surface area (Å²) in [5.41, 5.74) is 1.63. The molecular weight excluding hydrogens is 372 g/mol. The maximum absolute atomic E-state index is 12.9. The number of fused-ring (bicyclic) bond motifs is 1. The number of piperidine rings is 1. The molecule has 1 aliphatic rings. The van der Waals surface area contributed by atoms with Crippen LogP contribution >= 0.6 is 11.3 Å². The van der Waals surface area contributed by atoms with E-state index in [-0.39, 0.29) is 11.8 Å². The van der Waals surface area contributed by atoms with Crippen molar-refractivity contribution < 1.29 is 9.00 Å². The van der Waals surface area contributed by atoms with Crippen molar-refractivity contribution in [1.82, 2.24) is 24.2 Å². The Morgan fingerprint density at radius 1 is 1.46 bits per heavy atom. The van der Waals surface area contributed by atoms with E-state index in [0.29, 0.717) is 21.5 Å². The van der Waals surface area contributed by atoms with Gasteiger partial charge in [-0.25, -0.2) is 23.5 Å². The molecule has 0 aliphatic carbocycles. The second-order valence-corrected chi connectivity index (χ2v) is 8.88. The number of imidazole rings is 1. The highest BCUT2D eigenvalue weighted by Crippen LogP contribution is 2.30. The lowest BCUT2D eigenvalue weighted by atomic mass is 9.99. The van der Waals surface area contributed by atoms with Crippen LogP contribution in [0.2, 0.25) is 0 Å². The number of nitrogens with zero attached hydrogens (tertiary/aromatic N) is 4. The molecule has 8 nitrogen and oxygen atoms in total. The maximum atomic E-state index is 12.9. The van der Waals surface area contributed by atoms with Gasteiger partial charge in [-0.15, -0.1) is 0 Å². The number of carbonyl (C=O) groups is 1. The molecule has 0 saturated carbocycles. The number of amides is 1. The zero-order valence-corrected chi connectivity index (χ0v) is 15.8. The lowest BCUT2D eigenvalue weighted by Gasteiger charge is -2.29. The summed E-state index contributed by atoms with van der Waals surface area (Å²) in [5, 5.41) is 3.10. The summed E-state index contributed by atoms with van der Waals surface area (Å²) in [6, 6.07) is 3.83. The minimum Gasteiger partial charge on any atom is -0.340 e. The van der Waals surface area contributed by atoms with Gasteiger partial charge in [0.05, 0.1) is 11.7 Å². The van der Waals surface area contributed by atoms with Gasteiger partial charge >= 0.3 is 0 Å². The van der Waals surface area contributed by atoms with E-state index in [2.05, 4.69) is 25.3 Å². The first-order valence-electron chi connectivity index (χ1n) is 8.31. The van der Waals surface area contributed by atoms with Gasteiger partial charge in [-0.1, -0.05) is 11.3 Å². The van der Waals surface area contributed by atoms with Gasteiger partial charge < -0.3 is 10.3 Å². The fraction of sp³-hybridized carbons (Fsp3) is 0.375. The van der Waals surface area contributed by atoms with Crippen LogP contribution in [0.25, 0.3) is 11.2 Å². The van der Waals surface area contributed by atoms with Crippen LogP contribution in [0.4, 0.5) is 5.13 Å². The van der Waals surface area contributed by atoms with Crippen LogP contribution < -0.4 is 5.32 Å². The average Bonchev–Trinajstić information content (AvgIpc) is 3.27. The Balaban J connectivity index is 1.50. The molecule has 2 unspecified atom stereocenters. The highest BCUT2D eigenvalue weighted by atomic mass is 32.2. The Kier molecular flexibility index (Phi) is 4.79. The normalized spacial score (nSPS) is 19.5. The predicted octanol–water partition coefficient (Wildman–Crippen LogP) is 2.28. The monoisotopic (exact) mass is 390 g/mol. The first-order chi connectivity index (χ1) is 12.6. The van der Waals surface area contributed by atoms with E-state index < -0.39 is 11.0 Å². The van der Waals surface area contributed by atoms with Gasteiger partial charge in [-0.2, -0.15) is 0 Å².